The molecule has 0 aliphatic rings. The molecule has 0 unspecified atom stereocenters. The van der Waals surface area contributed by atoms with Gasteiger partial charge in [-0.3, -0.25) is 0 Å². The van der Waals surface area contributed by atoms with Crippen LogP contribution < -0.4 is 0 Å². The van der Waals surface area contributed by atoms with E-state index in [0.717, 1.165) is 21.9 Å². The minimum Gasteiger partial charge on any atom is -0.455 e. The van der Waals surface area contributed by atoms with Crippen molar-refractivity contribution in [1.29, 1.82) is 0 Å². The molecular formula is C48H28OS. The van der Waals surface area contributed by atoms with Crippen LogP contribution in [0.1, 0.15) is 0 Å². The molecule has 2 heteroatoms. The summed E-state index contributed by atoms with van der Waals surface area (Å²) in [5, 5.41) is 12.4. The summed E-state index contributed by atoms with van der Waals surface area (Å²) >= 11 is 1.82. The highest BCUT2D eigenvalue weighted by Gasteiger charge is 2.19. The fourth-order valence-corrected chi connectivity index (χ4v) is 9.32. The van der Waals surface area contributed by atoms with Gasteiger partial charge in [0.15, 0.2) is 5.58 Å². The third-order valence-corrected chi connectivity index (χ3v) is 11.6. The van der Waals surface area contributed by atoms with E-state index < -0.39 is 0 Å². The Labute approximate surface area is 292 Å². The molecule has 50 heavy (non-hydrogen) atoms. The summed E-state index contributed by atoms with van der Waals surface area (Å²) in [7, 11) is 0. The van der Waals surface area contributed by atoms with E-state index >= 15 is 0 Å². The highest BCUT2D eigenvalue weighted by molar-refractivity contribution is 7.26. The summed E-state index contributed by atoms with van der Waals surface area (Å²) in [5.74, 6) is 0. The predicted molar refractivity (Wildman–Crippen MR) is 215 cm³/mol. The molecule has 0 spiro atoms. The van der Waals surface area contributed by atoms with Gasteiger partial charge in [0.1, 0.15) is 5.58 Å². The van der Waals surface area contributed by atoms with Gasteiger partial charge in [-0.05, 0) is 102 Å². The zero-order chi connectivity index (χ0) is 32.8. The van der Waals surface area contributed by atoms with Gasteiger partial charge >= 0.3 is 0 Å². The van der Waals surface area contributed by atoms with Gasteiger partial charge in [0.2, 0.25) is 0 Å². The Morgan fingerprint density at radius 2 is 0.880 bits per heavy atom. The smallest absolute Gasteiger partial charge is 0.153 e. The lowest BCUT2D eigenvalue weighted by molar-refractivity contribution is 0.673. The Hall–Kier alpha value is -6.22. The lowest BCUT2D eigenvalue weighted by Gasteiger charge is -2.18. The van der Waals surface area contributed by atoms with E-state index in [1.807, 2.05) is 11.3 Å². The molecule has 0 saturated heterocycles. The van der Waals surface area contributed by atoms with Gasteiger partial charge in [-0.1, -0.05) is 133 Å². The van der Waals surface area contributed by atoms with Crippen LogP contribution in [0.3, 0.4) is 0 Å². The van der Waals surface area contributed by atoms with Gasteiger partial charge in [-0.15, -0.1) is 11.3 Å². The first-order valence-corrected chi connectivity index (χ1v) is 17.9. The van der Waals surface area contributed by atoms with Gasteiger partial charge in [0, 0.05) is 26.2 Å². The van der Waals surface area contributed by atoms with Crippen LogP contribution in [0.2, 0.25) is 0 Å². The van der Waals surface area contributed by atoms with Crippen LogP contribution in [0.4, 0.5) is 0 Å². The third-order valence-electron chi connectivity index (χ3n) is 10.4. The molecule has 1 nitrogen and oxygen atoms in total. The van der Waals surface area contributed by atoms with E-state index in [2.05, 4.69) is 170 Å². The van der Waals surface area contributed by atoms with E-state index in [1.54, 1.807) is 0 Å². The normalized spacial score (nSPS) is 12.0. The van der Waals surface area contributed by atoms with E-state index in [-0.39, 0.29) is 0 Å². The molecule has 0 amide bonds. The highest BCUT2D eigenvalue weighted by Crippen LogP contribution is 2.46. The molecule has 0 aliphatic heterocycles. The summed E-state index contributed by atoms with van der Waals surface area (Å²) in [6, 6.07) is 62.0. The minimum absolute atomic E-state index is 0.922. The standard InChI is InChI=1S/C48H28OS/c1-2-10-29(11-3-1)30-18-19-32-27-33(21-20-31(32)26-30)45-36-13-4-6-15-38(36)46(39-16-7-5-14-37(39)45)34-22-25-43-42(28-34)40-23-24-41-35-12-8-9-17-44(35)50-48(41)47(40)49-43/h1-28H. The van der Waals surface area contributed by atoms with Crippen LogP contribution in [-0.4, -0.2) is 0 Å². The molecule has 0 aliphatic carbocycles. The summed E-state index contributed by atoms with van der Waals surface area (Å²) in [6.07, 6.45) is 0. The average molecular weight is 653 g/mol. The molecule has 0 fully saturated rings. The molecule has 11 aromatic rings. The van der Waals surface area contributed by atoms with Crippen molar-refractivity contribution in [2.75, 3.05) is 0 Å². The molecule has 0 atom stereocenters. The monoisotopic (exact) mass is 652 g/mol. The maximum Gasteiger partial charge on any atom is 0.153 e. The zero-order valence-corrected chi connectivity index (χ0v) is 27.8. The highest BCUT2D eigenvalue weighted by atomic mass is 32.1. The summed E-state index contributed by atoms with van der Waals surface area (Å²) in [4.78, 5) is 0. The second-order valence-corrected chi connectivity index (χ2v) is 14.3. The molecule has 2 aromatic heterocycles. The Morgan fingerprint density at radius 1 is 0.340 bits per heavy atom. The third kappa shape index (κ3) is 4.06. The maximum atomic E-state index is 6.62. The Bertz CT molecular complexity index is 3090. The number of benzene rings is 9. The molecule has 0 N–H and O–H groups in total. The van der Waals surface area contributed by atoms with Crippen LogP contribution in [0, 0.1) is 0 Å². The average Bonchev–Trinajstić information content (AvgIpc) is 3.75. The van der Waals surface area contributed by atoms with Crippen LogP contribution in [0.5, 0.6) is 0 Å². The number of furan rings is 1. The SMILES string of the molecule is c1ccc(-c2ccc3cc(-c4c5ccccc5c(-c5ccc6oc7c(ccc8c9ccccc9sc87)c6c5)c5ccccc45)ccc3c2)cc1. The lowest BCUT2D eigenvalue weighted by Crippen LogP contribution is -1.91. The number of hydrogen-bond acceptors (Lipinski definition) is 2. The first-order valence-electron chi connectivity index (χ1n) is 17.1. The van der Waals surface area contributed by atoms with Crippen LogP contribution in [-0.2, 0) is 0 Å². The zero-order valence-electron chi connectivity index (χ0n) is 27.0. The second-order valence-electron chi connectivity index (χ2n) is 13.2. The fourth-order valence-electron chi connectivity index (χ4n) is 8.13. The topological polar surface area (TPSA) is 13.1 Å². The molecule has 232 valence electrons. The summed E-state index contributed by atoms with van der Waals surface area (Å²) in [5.41, 5.74) is 9.33. The van der Waals surface area contributed by atoms with Crippen LogP contribution in [0.15, 0.2) is 174 Å². The van der Waals surface area contributed by atoms with Crippen molar-refractivity contribution in [3.8, 4) is 33.4 Å². The van der Waals surface area contributed by atoms with E-state index in [0.29, 0.717) is 0 Å². The lowest BCUT2D eigenvalue weighted by atomic mass is 9.85. The van der Waals surface area contributed by atoms with Gasteiger partial charge in [-0.2, -0.15) is 0 Å². The number of fused-ring (bicyclic) bond motifs is 10. The van der Waals surface area contributed by atoms with E-state index in [9.17, 15) is 0 Å². The number of rotatable bonds is 3. The molecule has 2 heterocycles. The maximum absolute atomic E-state index is 6.62. The van der Waals surface area contributed by atoms with Crippen molar-refractivity contribution in [2.24, 2.45) is 0 Å². The van der Waals surface area contributed by atoms with Crippen molar-refractivity contribution in [3.05, 3.63) is 170 Å². The molecule has 11 rings (SSSR count). The Morgan fingerprint density at radius 3 is 1.58 bits per heavy atom. The van der Waals surface area contributed by atoms with E-state index in [4.69, 9.17) is 4.42 Å². The predicted octanol–water partition coefficient (Wildman–Crippen LogP) is 14.4. The van der Waals surface area contributed by atoms with E-state index in [1.165, 1.54) is 85.9 Å². The first kappa shape index (κ1) is 27.7. The molecule has 0 bridgehead atoms. The summed E-state index contributed by atoms with van der Waals surface area (Å²) in [6.45, 7) is 0. The van der Waals surface area contributed by atoms with Gasteiger partial charge in [0.05, 0.1) is 4.70 Å². The van der Waals surface area contributed by atoms with Crippen molar-refractivity contribution in [1.82, 2.24) is 0 Å². The van der Waals surface area contributed by atoms with Gasteiger partial charge in [-0.25, -0.2) is 0 Å². The largest absolute Gasteiger partial charge is 0.455 e. The second kappa shape index (κ2) is 10.6. The quantitative estimate of drug-likeness (QED) is 0.173. The molecule has 0 radical (unpaired) electrons. The van der Waals surface area contributed by atoms with Gasteiger partial charge < -0.3 is 4.42 Å². The van der Waals surface area contributed by atoms with Crippen molar-refractivity contribution in [3.63, 3.8) is 0 Å². The number of thiophene rings is 1. The van der Waals surface area contributed by atoms with Crippen LogP contribution >= 0.6 is 11.3 Å². The van der Waals surface area contributed by atoms with Crippen molar-refractivity contribution < 1.29 is 4.42 Å². The summed E-state index contributed by atoms with van der Waals surface area (Å²) < 4.78 is 9.12. The molecular weight excluding hydrogens is 625 g/mol. The van der Waals surface area contributed by atoms with Crippen molar-refractivity contribution in [2.45, 2.75) is 0 Å². The molecule has 0 saturated carbocycles. The van der Waals surface area contributed by atoms with Gasteiger partial charge in [0.25, 0.3) is 0 Å². The minimum atomic E-state index is 0.922. The van der Waals surface area contributed by atoms with Crippen LogP contribution in [0.25, 0.3) is 108 Å². The molecule has 9 aromatic carbocycles. The van der Waals surface area contributed by atoms with Crippen molar-refractivity contribution >= 4 is 85.8 Å². The fraction of sp³-hybridized carbons (Fsp3) is 0. The Balaban J connectivity index is 1.12. The first-order chi connectivity index (χ1) is 24.8. The number of hydrogen-bond donors (Lipinski definition) is 0. The Kier molecular flexibility index (Phi) is 5.89.